The minimum Gasteiger partial charge on any atom is -0.378 e. The van der Waals surface area contributed by atoms with E-state index in [-0.39, 0.29) is 11.2 Å². The van der Waals surface area contributed by atoms with Crippen molar-refractivity contribution in [3.63, 3.8) is 0 Å². The molecule has 0 fully saturated rings. The lowest BCUT2D eigenvalue weighted by molar-refractivity contribution is -0.00504. The fraction of sp³-hybridized carbons (Fsp3) is 0.318. The van der Waals surface area contributed by atoms with Crippen LogP contribution in [-0.2, 0) is 5.92 Å². The van der Waals surface area contributed by atoms with Crippen molar-refractivity contribution < 1.29 is 8.78 Å². The maximum absolute atomic E-state index is 14.7. The van der Waals surface area contributed by atoms with Crippen molar-refractivity contribution >= 4 is 22.5 Å². The van der Waals surface area contributed by atoms with Gasteiger partial charge in [-0.05, 0) is 45.0 Å². The van der Waals surface area contributed by atoms with Crippen LogP contribution in [0, 0.1) is 0 Å². The maximum Gasteiger partial charge on any atom is 0.306 e. The summed E-state index contributed by atoms with van der Waals surface area (Å²) in [6.45, 7) is 9.93. The van der Waals surface area contributed by atoms with Crippen LogP contribution in [0.2, 0.25) is 0 Å². The summed E-state index contributed by atoms with van der Waals surface area (Å²) in [5, 5.41) is 13.1. The molecule has 0 aliphatic carbocycles. The number of aromatic nitrogens is 3. The van der Waals surface area contributed by atoms with Gasteiger partial charge in [-0.15, -0.1) is 0 Å². The number of pyridine rings is 1. The van der Waals surface area contributed by atoms with Gasteiger partial charge in [0.1, 0.15) is 11.5 Å². The molecule has 31 heavy (non-hydrogen) atoms. The molecule has 0 amide bonds. The van der Waals surface area contributed by atoms with Crippen LogP contribution in [0.25, 0.3) is 4.91 Å². The van der Waals surface area contributed by atoms with E-state index >= 15 is 0 Å². The Morgan fingerprint density at radius 1 is 1.19 bits per heavy atom. The van der Waals surface area contributed by atoms with Crippen molar-refractivity contribution in [2.24, 2.45) is 4.99 Å². The van der Waals surface area contributed by atoms with Gasteiger partial charge in [-0.25, -0.2) is 0 Å². The van der Waals surface area contributed by atoms with Gasteiger partial charge >= 0.3 is 5.92 Å². The van der Waals surface area contributed by atoms with Crippen LogP contribution >= 0.6 is 11.8 Å². The number of nitrogens with zero attached hydrogens (tertiary/aromatic N) is 3. The highest BCUT2D eigenvalue weighted by Gasteiger charge is 2.33. The van der Waals surface area contributed by atoms with E-state index in [2.05, 4.69) is 37.4 Å². The maximum atomic E-state index is 14.7. The quantitative estimate of drug-likeness (QED) is 0.635. The van der Waals surface area contributed by atoms with Crippen LogP contribution in [0.4, 0.5) is 8.78 Å². The lowest BCUT2D eigenvalue weighted by Gasteiger charge is -2.23. The first-order valence-corrected chi connectivity index (χ1v) is 10.6. The SMILES string of the molecule is C=C1S/C(c2ccn[nH]2)=C\C/N=C(NC(C)(C)C)\C=C/1NCC(F)(F)c1ccccn1. The number of hydrogen-bond acceptors (Lipinski definition) is 6. The van der Waals surface area contributed by atoms with Crippen molar-refractivity contribution in [1.29, 1.82) is 0 Å². The third-order valence-corrected chi connectivity index (χ3v) is 5.24. The van der Waals surface area contributed by atoms with Crippen LogP contribution in [-0.4, -0.2) is 39.6 Å². The van der Waals surface area contributed by atoms with E-state index in [4.69, 9.17) is 0 Å². The smallest absolute Gasteiger partial charge is 0.306 e. The Balaban J connectivity index is 1.88. The summed E-state index contributed by atoms with van der Waals surface area (Å²) >= 11 is 1.37. The average Bonchev–Trinajstić information content (AvgIpc) is 3.25. The molecule has 9 heteroatoms. The Morgan fingerprint density at radius 3 is 2.65 bits per heavy atom. The number of halogens is 2. The van der Waals surface area contributed by atoms with Gasteiger partial charge in [0.15, 0.2) is 0 Å². The fourth-order valence-corrected chi connectivity index (χ4v) is 3.65. The number of aromatic amines is 1. The van der Waals surface area contributed by atoms with E-state index in [9.17, 15) is 8.78 Å². The minimum atomic E-state index is -3.15. The van der Waals surface area contributed by atoms with Gasteiger partial charge in [0, 0.05) is 33.8 Å². The number of amidine groups is 1. The molecule has 1 aliphatic rings. The monoisotopic (exact) mass is 444 g/mol. The first kappa shape index (κ1) is 22.7. The molecule has 0 saturated heterocycles. The molecule has 0 bridgehead atoms. The molecule has 3 rings (SSSR count). The Kier molecular flexibility index (Phi) is 6.94. The number of alkyl halides is 2. The molecular weight excluding hydrogens is 418 g/mol. The second-order valence-corrected chi connectivity index (χ2v) is 9.13. The van der Waals surface area contributed by atoms with E-state index < -0.39 is 12.5 Å². The second-order valence-electron chi connectivity index (χ2n) is 8.00. The molecule has 0 spiro atoms. The molecule has 2 aromatic rings. The van der Waals surface area contributed by atoms with E-state index in [0.29, 0.717) is 23.0 Å². The molecule has 0 saturated carbocycles. The largest absolute Gasteiger partial charge is 0.378 e. The third kappa shape index (κ3) is 6.52. The molecule has 0 unspecified atom stereocenters. The number of hydrogen-bond donors (Lipinski definition) is 3. The summed E-state index contributed by atoms with van der Waals surface area (Å²) in [6.07, 6.45) is 6.69. The third-order valence-electron chi connectivity index (χ3n) is 4.16. The molecule has 0 radical (unpaired) electrons. The van der Waals surface area contributed by atoms with E-state index in [1.54, 1.807) is 24.4 Å². The highest BCUT2D eigenvalue weighted by Crippen LogP contribution is 2.35. The van der Waals surface area contributed by atoms with Crippen molar-refractivity contribution in [2.45, 2.75) is 32.2 Å². The molecule has 0 atom stereocenters. The lowest BCUT2D eigenvalue weighted by Crippen LogP contribution is -2.40. The van der Waals surface area contributed by atoms with Crippen molar-refractivity contribution in [3.05, 3.63) is 77.4 Å². The number of nitrogens with one attached hydrogen (secondary N) is 3. The Labute approximate surface area is 185 Å². The van der Waals surface area contributed by atoms with Crippen LogP contribution in [0.3, 0.4) is 0 Å². The normalized spacial score (nSPS) is 20.8. The molecule has 3 N–H and O–H groups in total. The number of H-pyrrole nitrogens is 1. The molecule has 6 nitrogen and oxygen atoms in total. The second kappa shape index (κ2) is 9.47. The minimum absolute atomic E-state index is 0.253. The van der Waals surface area contributed by atoms with Gasteiger partial charge in [0.2, 0.25) is 0 Å². The molecule has 3 heterocycles. The summed E-state index contributed by atoms with van der Waals surface area (Å²) in [4.78, 5) is 9.85. The summed E-state index contributed by atoms with van der Waals surface area (Å²) < 4.78 is 29.4. The highest BCUT2D eigenvalue weighted by atomic mass is 32.2. The number of thioether (sulfide) groups is 1. The zero-order valence-electron chi connectivity index (χ0n) is 17.7. The van der Waals surface area contributed by atoms with E-state index in [0.717, 1.165) is 10.6 Å². The summed E-state index contributed by atoms with van der Waals surface area (Å²) in [6, 6.07) is 6.31. The topological polar surface area (TPSA) is 78.0 Å². The number of rotatable bonds is 5. The van der Waals surface area contributed by atoms with Gasteiger partial charge in [0.05, 0.1) is 24.5 Å². The van der Waals surface area contributed by atoms with Crippen molar-refractivity contribution in [1.82, 2.24) is 25.8 Å². The first-order chi connectivity index (χ1) is 14.6. The predicted molar refractivity (Wildman–Crippen MR) is 123 cm³/mol. The summed E-state index contributed by atoms with van der Waals surface area (Å²) in [5.41, 5.74) is 0.732. The van der Waals surface area contributed by atoms with Gasteiger partial charge in [-0.1, -0.05) is 24.4 Å². The summed E-state index contributed by atoms with van der Waals surface area (Å²) in [7, 11) is 0. The fourth-order valence-electron chi connectivity index (χ4n) is 2.76. The van der Waals surface area contributed by atoms with Crippen LogP contribution in [0.1, 0.15) is 32.2 Å². The molecule has 1 aliphatic heterocycles. The van der Waals surface area contributed by atoms with Gasteiger partial charge in [-0.2, -0.15) is 13.9 Å². The van der Waals surface area contributed by atoms with Gasteiger partial charge in [0.25, 0.3) is 0 Å². The highest BCUT2D eigenvalue weighted by molar-refractivity contribution is 8.12. The molecule has 164 valence electrons. The zero-order valence-corrected chi connectivity index (χ0v) is 18.6. The van der Waals surface area contributed by atoms with Crippen LogP contribution in [0.5, 0.6) is 0 Å². The Hall–Kier alpha value is -2.94. The average molecular weight is 445 g/mol. The zero-order chi connectivity index (χ0) is 22.5. The predicted octanol–water partition coefficient (Wildman–Crippen LogP) is 4.46. The van der Waals surface area contributed by atoms with Gasteiger partial charge in [-0.3, -0.25) is 15.1 Å². The summed E-state index contributed by atoms with van der Waals surface area (Å²) in [5.74, 6) is -2.57. The van der Waals surface area contributed by atoms with E-state index in [1.165, 1.54) is 24.0 Å². The van der Waals surface area contributed by atoms with Crippen LogP contribution < -0.4 is 10.6 Å². The Morgan fingerprint density at radius 2 is 2.00 bits per heavy atom. The lowest BCUT2D eigenvalue weighted by atomic mass is 10.1. The standard InChI is InChI=1S/C22H26F2N6S/c1-15-17(27-14-22(23,24)19-7-5-6-10-25-19)13-20(29-21(2,3)4)26-11-9-18(31-15)16-8-12-28-30-16/h5-10,12-13,27H,1,11,14H2,2-4H3,(H,26,29)(H,28,30)/b17-13+,18-9-. The first-order valence-electron chi connectivity index (χ1n) is 9.79. The molecule has 0 aromatic carbocycles. The van der Waals surface area contributed by atoms with E-state index in [1.807, 2.05) is 32.9 Å². The van der Waals surface area contributed by atoms with Crippen molar-refractivity contribution in [3.8, 4) is 0 Å². The van der Waals surface area contributed by atoms with Crippen molar-refractivity contribution in [2.75, 3.05) is 13.1 Å². The van der Waals surface area contributed by atoms with Gasteiger partial charge < -0.3 is 10.6 Å². The molecular formula is C22H26F2N6S. The van der Waals surface area contributed by atoms with Crippen LogP contribution in [0.15, 0.2) is 71.0 Å². The number of aliphatic imine (C=N–C) groups is 1. The Bertz CT molecular complexity index is 989. The molecule has 2 aromatic heterocycles.